The van der Waals surface area contributed by atoms with Crippen LogP contribution in [0, 0.1) is 83.5 Å². The third kappa shape index (κ3) is 25.3. The predicted molar refractivity (Wildman–Crippen MR) is 393 cm³/mol. The average molecular weight is 1530 g/mol. The van der Waals surface area contributed by atoms with Crippen molar-refractivity contribution in [1.29, 1.82) is 0 Å². The van der Waals surface area contributed by atoms with Crippen LogP contribution < -0.4 is 31.7 Å². The molecule has 0 unspecified atom stereocenters. The zero-order chi connectivity index (χ0) is 80.8. The van der Waals surface area contributed by atoms with E-state index in [1.807, 2.05) is 90.9 Å². The lowest BCUT2D eigenvalue weighted by molar-refractivity contribution is -0.197. The van der Waals surface area contributed by atoms with E-state index in [0.717, 1.165) is 17.4 Å². The second-order valence-electron chi connectivity index (χ2n) is 30.4. The van der Waals surface area contributed by atoms with Crippen molar-refractivity contribution >= 4 is 64.6 Å². The van der Waals surface area contributed by atoms with Crippen molar-refractivity contribution in [2.75, 3.05) is 66.9 Å². The topological polar surface area (TPSA) is 285 Å². The number of urea groups is 1. The minimum absolute atomic E-state index is 0.00923. The molecule has 29 heteroatoms. The van der Waals surface area contributed by atoms with Gasteiger partial charge in [0.1, 0.15) is 11.8 Å². The van der Waals surface area contributed by atoms with E-state index in [4.69, 9.17) is 15.2 Å². The Labute approximate surface area is 630 Å². The summed E-state index contributed by atoms with van der Waals surface area (Å²) in [7, 11) is 8.48. The number of primary amides is 1. The molecule has 2 fully saturated rings. The fourth-order valence-corrected chi connectivity index (χ4v) is 15.1. The summed E-state index contributed by atoms with van der Waals surface area (Å²) in [4.78, 5) is 144. The van der Waals surface area contributed by atoms with E-state index in [-0.39, 0.29) is 138 Å². The smallest absolute Gasteiger partial charge is 0.404 e. The number of carbonyl (C=O) groups is 10. The molecule has 2 saturated heterocycles. The number of alkyl halides is 3. The van der Waals surface area contributed by atoms with Gasteiger partial charge in [-0.2, -0.15) is 17.6 Å². The molecule has 13 atom stereocenters. The molecule has 2 aliphatic heterocycles. The van der Waals surface area contributed by atoms with Crippen LogP contribution in [0.5, 0.6) is 5.75 Å². The van der Waals surface area contributed by atoms with Crippen LogP contribution in [0.2, 0.25) is 0 Å². The quantitative estimate of drug-likeness (QED) is 0.00880. The Morgan fingerprint density at radius 1 is 0.694 bits per heavy atom. The first-order chi connectivity index (χ1) is 50.8. The van der Waals surface area contributed by atoms with Gasteiger partial charge in [-0.25, -0.2) is 18.0 Å². The highest BCUT2D eigenvalue weighted by Gasteiger charge is 2.49. The Morgan fingerprint density at radius 3 is 1.92 bits per heavy atom. The number of esters is 1. The Morgan fingerprint density at radius 2 is 1.34 bits per heavy atom. The third-order valence-corrected chi connectivity index (χ3v) is 21.3. The Hall–Kier alpha value is -7.89. The van der Waals surface area contributed by atoms with Crippen LogP contribution >= 0.6 is 0 Å². The summed E-state index contributed by atoms with van der Waals surface area (Å²) in [5.74, 6) is -19.3. The van der Waals surface area contributed by atoms with Crippen LogP contribution in [0.3, 0.4) is 0 Å². The lowest BCUT2D eigenvalue weighted by Crippen LogP contribution is -2.54. The molecule has 3 aromatic carbocycles. The van der Waals surface area contributed by atoms with Gasteiger partial charge in [0.05, 0.1) is 48.7 Å². The largest absolute Gasteiger partial charge is 0.420 e. The van der Waals surface area contributed by atoms with Crippen LogP contribution in [0.15, 0.2) is 54.6 Å². The van der Waals surface area contributed by atoms with E-state index in [9.17, 15) is 78.7 Å². The van der Waals surface area contributed by atoms with Crippen molar-refractivity contribution in [3.63, 3.8) is 0 Å². The number of nitrogens with two attached hydrogens (primary N) is 1. The highest BCUT2D eigenvalue weighted by Crippen LogP contribution is 2.38. The number of benzene rings is 3. The Kier molecular flexibility index (Phi) is 35.6. The summed E-state index contributed by atoms with van der Waals surface area (Å²) in [5.41, 5.74) is 6.03. The lowest BCUT2D eigenvalue weighted by atomic mass is 9.83. The van der Waals surface area contributed by atoms with Crippen LogP contribution in [-0.4, -0.2) is 189 Å². The van der Waals surface area contributed by atoms with Gasteiger partial charge in [-0.3, -0.25) is 53.0 Å². The fourth-order valence-electron chi connectivity index (χ4n) is 15.1. The molecule has 2 aliphatic rings. The molecule has 0 spiro atoms. The van der Waals surface area contributed by atoms with Crippen molar-refractivity contribution in [3.05, 3.63) is 94.6 Å². The first-order valence-corrected chi connectivity index (χ1v) is 37.5. The Balaban J connectivity index is 1.21. The van der Waals surface area contributed by atoms with Crippen LogP contribution in [0.4, 0.5) is 41.2 Å². The molecule has 6 N–H and O–H groups in total. The first kappa shape index (κ1) is 90.7. The number of anilines is 1. The monoisotopic (exact) mass is 1530 g/mol. The van der Waals surface area contributed by atoms with E-state index in [2.05, 4.69) is 26.0 Å². The number of carbonyl (C=O) groups excluding carboxylic acids is 10. The molecular formula is C79H114F7N9O13. The van der Waals surface area contributed by atoms with Crippen LogP contribution in [-0.2, 0) is 65.6 Å². The number of hydrogen-bond acceptors (Lipinski definition) is 15. The molecule has 0 aromatic heterocycles. The fraction of sp³-hybridized carbons (Fsp3) is 0.646. The van der Waals surface area contributed by atoms with Gasteiger partial charge < -0.3 is 51.0 Å². The van der Waals surface area contributed by atoms with E-state index in [1.54, 1.807) is 61.9 Å². The van der Waals surface area contributed by atoms with Crippen molar-refractivity contribution < 1.29 is 92.9 Å². The maximum atomic E-state index is 14.7. The summed E-state index contributed by atoms with van der Waals surface area (Å²) >= 11 is 0. The molecule has 5 rings (SSSR count). The van der Waals surface area contributed by atoms with Crippen LogP contribution in [0.1, 0.15) is 162 Å². The summed E-state index contributed by atoms with van der Waals surface area (Å²) in [6, 6.07) is 10.2. The van der Waals surface area contributed by atoms with Crippen molar-refractivity contribution in [2.45, 2.75) is 214 Å². The molecule has 7 amide bonds. The van der Waals surface area contributed by atoms with Gasteiger partial charge in [0.25, 0.3) is 0 Å². The van der Waals surface area contributed by atoms with Crippen molar-refractivity contribution in [1.82, 2.24) is 35.6 Å². The molecular weight excluding hydrogens is 1420 g/mol. The number of ether oxygens (including phenoxy) is 3. The van der Waals surface area contributed by atoms with E-state index >= 15 is 0 Å². The molecule has 3 aromatic rings. The van der Waals surface area contributed by atoms with Crippen LogP contribution in [0.25, 0.3) is 0 Å². The highest BCUT2D eigenvalue weighted by molar-refractivity contribution is 5.97. The SMILES string of the molecule is CC[C@H](C)[C@@H]([C@@H](CC(=O)N1CCC[C@H]1[C@H](OC)[C@@H](C)C(=O)C[C@@H](Cc1ccccc1)C(=O)NCc1ccc(NC(=O)[C@H](CCCNC(N)=O)CC(=O)[C@@H](NC(=O)CCCN2CC[C@H](C(=O)Oc3c(F)c(C)c(F)c(F)c3F)C[C@@H]2C(F)(F)F)C(C)C)cc1)OC)N(C)C(=O)[C@@H](CC(=O)[C@H](C(C)C)N(C)C)C(C)C. The number of nitrogens with one attached hydrogen (secondary N) is 4. The summed E-state index contributed by atoms with van der Waals surface area (Å²) in [6.45, 7) is 17.5. The highest BCUT2D eigenvalue weighted by atomic mass is 19.4. The summed E-state index contributed by atoms with van der Waals surface area (Å²) in [5, 5.41) is 10.9. The normalized spacial score (nSPS) is 18.5. The Bertz CT molecular complexity index is 3490. The molecule has 22 nitrogen and oxygen atoms in total. The number of piperidine rings is 1. The summed E-state index contributed by atoms with van der Waals surface area (Å²) < 4.78 is 117. The van der Waals surface area contributed by atoms with Crippen molar-refractivity contribution in [3.8, 4) is 5.75 Å². The second kappa shape index (κ2) is 42.3. The third-order valence-electron chi connectivity index (χ3n) is 21.3. The number of halogens is 7. The molecule has 602 valence electrons. The summed E-state index contributed by atoms with van der Waals surface area (Å²) in [6.07, 6.45) is -6.22. The number of hydrogen-bond donors (Lipinski definition) is 5. The predicted octanol–water partition coefficient (Wildman–Crippen LogP) is 10.9. The van der Waals surface area contributed by atoms with Gasteiger partial charge in [0.15, 0.2) is 29.0 Å². The zero-order valence-corrected chi connectivity index (χ0v) is 65.2. The number of amides is 7. The average Bonchev–Trinajstić information content (AvgIpc) is 1.49. The maximum Gasteiger partial charge on any atom is 0.404 e. The number of likely N-dealkylation sites (tertiary alicyclic amines) is 2. The van der Waals surface area contributed by atoms with Crippen molar-refractivity contribution in [2.24, 2.45) is 59.0 Å². The number of rotatable bonds is 42. The number of Topliss-reactive ketones (excluding diaryl/α,β-unsaturated/α-hetero) is 3. The molecule has 0 bridgehead atoms. The van der Waals surface area contributed by atoms with E-state index < -0.39 is 155 Å². The number of likely N-dealkylation sites (N-methyl/N-ethyl adjacent to an activating group) is 2. The molecule has 0 aliphatic carbocycles. The lowest BCUT2D eigenvalue weighted by Gasteiger charge is -2.41. The van der Waals surface area contributed by atoms with Gasteiger partial charge >= 0.3 is 18.2 Å². The van der Waals surface area contributed by atoms with Gasteiger partial charge in [-0.15, -0.1) is 0 Å². The number of nitrogens with zero attached hydrogens (tertiary/aromatic N) is 4. The standard InChI is InChI=1S/C79H114F7N9O13/c1-16-47(8)71(93(13)76(103)56(44(2)3)41-60(98)70(46(6)7)92(11)12)61(106-14)42-64(100)95-35-21-26-57(95)72(107-15)48(9)58(96)39-54(37-50-23-18-17-19-24-50)74(101)89-43-51-28-30-55(31-29-51)90-75(102)52(25-20-33-88-78(87)105)38-59(97)69(45(4)5)91-63(99)27-22-34-94-36-32-53(40-62(94)79(84,85)86)77(104)108-73-66(81)49(10)65(80)67(82)68(73)83/h17-19,23-24,28-31,44-48,52-54,56-57,61-62,69-72H,16,20-22,25-27,32-43H2,1-15H3,(H,89,101)(H,90,102)(H,91,99)(H3,87,88,105)/t47-,48-,52+,53-,54+,56-,57-,61+,62+,69-,70-,71-,72+/m0/s1. The molecule has 108 heavy (non-hydrogen) atoms. The second-order valence-corrected chi connectivity index (χ2v) is 30.4. The van der Waals surface area contributed by atoms with Gasteiger partial charge in [-0.05, 0) is 132 Å². The molecule has 0 radical (unpaired) electrons. The van der Waals surface area contributed by atoms with E-state index in [1.165, 1.54) is 14.2 Å². The zero-order valence-electron chi connectivity index (χ0n) is 65.2. The maximum absolute atomic E-state index is 14.7. The molecule has 2 heterocycles. The van der Waals surface area contributed by atoms with E-state index in [0.29, 0.717) is 37.1 Å². The minimum atomic E-state index is -4.92. The minimum Gasteiger partial charge on any atom is -0.420 e. The molecule has 0 saturated carbocycles. The van der Waals surface area contributed by atoms with Gasteiger partial charge in [-0.1, -0.05) is 111 Å². The number of ketones is 3. The number of methoxy groups -OCH3 is 2. The van der Waals surface area contributed by atoms with Gasteiger partial charge in [0.2, 0.25) is 41.1 Å². The first-order valence-electron chi connectivity index (χ1n) is 37.5. The van der Waals surface area contributed by atoms with Gasteiger partial charge in [0, 0.05) is 102 Å².